The van der Waals surface area contributed by atoms with Crippen LogP contribution in [0.3, 0.4) is 0 Å². The molecule has 4 rings (SSSR count). The summed E-state index contributed by atoms with van der Waals surface area (Å²) in [5, 5.41) is 0. The Labute approximate surface area is 124 Å². The number of H-pyrrole nitrogens is 1. The predicted molar refractivity (Wildman–Crippen MR) is 86.1 cm³/mol. The van der Waals surface area contributed by atoms with Crippen LogP contribution >= 0.6 is 0 Å². The Kier molecular flexibility index (Phi) is 3.07. The molecule has 0 fully saturated rings. The van der Waals surface area contributed by atoms with Crippen molar-refractivity contribution >= 4 is 0 Å². The van der Waals surface area contributed by atoms with Crippen molar-refractivity contribution in [2.75, 3.05) is 0 Å². The molecule has 0 aliphatic heterocycles. The second-order valence-corrected chi connectivity index (χ2v) is 5.66. The fraction of sp³-hybridized carbons (Fsp3) is 0.211. The third kappa shape index (κ3) is 2.38. The van der Waals surface area contributed by atoms with E-state index in [1.165, 1.54) is 40.9 Å². The lowest BCUT2D eigenvalue weighted by Crippen LogP contribution is -2.00. The van der Waals surface area contributed by atoms with E-state index in [0.29, 0.717) is 0 Å². The van der Waals surface area contributed by atoms with Crippen LogP contribution in [0.2, 0.25) is 0 Å². The largest absolute Gasteiger partial charge is 0.342 e. The molecule has 104 valence electrons. The van der Waals surface area contributed by atoms with Crippen LogP contribution in [-0.4, -0.2) is 9.97 Å². The summed E-state index contributed by atoms with van der Waals surface area (Å²) in [6.45, 7) is 0. The molecule has 21 heavy (non-hydrogen) atoms. The molecule has 2 aromatic carbocycles. The van der Waals surface area contributed by atoms with Crippen molar-refractivity contribution in [3.63, 3.8) is 0 Å². The summed E-state index contributed by atoms with van der Waals surface area (Å²) in [5.41, 5.74) is 6.27. The Morgan fingerprint density at radius 2 is 1.38 bits per heavy atom. The number of rotatable bonds is 2. The van der Waals surface area contributed by atoms with Crippen LogP contribution in [0.5, 0.6) is 0 Å². The van der Waals surface area contributed by atoms with Gasteiger partial charge in [0.2, 0.25) is 0 Å². The predicted octanol–water partition coefficient (Wildman–Crippen LogP) is 4.62. The second-order valence-electron chi connectivity index (χ2n) is 5.66. The molecular weight excluding hydrogens is 256 g/mol. The summed E-state index contributed by atoms with van der Waals surface area (Å²) in [5.74, 6) is 1.02. The second kappa shape index (κ2) is 5.21. The van der Waals surface area contributed by atoms with Crippen molar-refractivity contribution < 1.29 is 0 Å². The molecule has 0 bridgehead atoms. The zero-order chi connectivity index (χ0) is 14.1. The zero-order valence-corrected chi connectivity index (χ0v) is 12.0. The minimum absolute atomic E-state index is 1.02. The highest BCUT2D eigenvalue weighted by molar-refractivity contribution is 5.67. The molecule has 0 unspecified atom stereocenters. The van der Waals surface area contributed by atoms with Crippen LogP contribution in [-0.2, 0) is 12.8 Å². The molecule has 0 spiro atoms. The lowest BCUT2D eigenvalue weighted by Gasteiger charge is -2.07. The van der Waals surface area contributed by atoms with E-state index in [-0.39, 0.29) is 0 Å². The smallest absolute Gasteiger partial charge is 0.137 e. The fourth-order valence-corrected chi connectivity index (χ4v) is 3.04. The first-order chi connectivity index (χ1) is 10.4. The van der Waals surface area contributed by atoms with Crippen molar-refractivity contribution in [1.29, 1.82) is 0 Å². The van der Waals surface area contributed by atoms with E-state index in [1.807, 2.05) is 6.07 Å². The number of benzene rings is 2. The van der Waals surface area contributed by atoms with E-state index in [2.05, 4.69) is 53.5 Å². The van der Waals surface area contributed by atoms with E-state index in [4.69, 9.17) is 4.98 Å². The van der Waals surface area contributed by atoms with Crippen LogP contribution in [0, 0.1) is 0 Å². The minimum atomic E-state index is 1.02. The van der Waals surface area contributed by atoms with Crippen LogP contribution < -0.4 is 0 Å². The Morgan fingerprint density at radius 3 is 2.14 bits per heavy atom. The van der Waals surface area contributed by atoms with Gasteiger partial charge in [0.15, 0.2) is 0 Å². The Balaban J connectivity index is 1.66. The Morgan fingerprint density at radius 1 is 0.714 bits per heavy atom. The van der Waals surface area contributed by atoms with Gasteiger partial charge in [0, 0.05) is 11.3 Å². The number of aryl methyl sites for hydroxylation is 2. The van der Waals surface area contributed by atoms with Gasteiger partial charge >= 0.3 is 0 Å². The molecule has 1 aliphatic rings. The SMILES string of the molecule is c1ccc(-c2ccc(-c3nc4c([nH]3)CCCC4)cc2)cc1. The van der Waals surface area contributed by atoms with Gasteiger partial charge in [-0.25, -0.2) is 4.98 Å². The van der Waals surface area contributed by atoms with E-state index in [1.54, 1.807) is 0 Å². The molecule has 1 heterocycles. The number of aromatic amines is 1. The topological polar surface area (TPSA) is 28.7 Å². The molecule has 1 aromatic heterocycles. The van der Waals surface area contributed by atoms with Crippen molar-refractivity contribution in [2.45, 2.75) is 25.7 Å². The highest BCUT2D eigenvalue weighted by atomic mass is 14.9. The number of nitrogens with one attached hydrogen (secondary N) is 1. The van der Waals surface area contributed by atoms with E-state index in [9.17, 15) is 0 Å². The van der Waals surface area contributed by atoms with Gasteiger partial charge in [-0.1, -0.05) is 54.6 Å². The Bertz CT molecular complexity index is 715. The standard InChI is InChI=1S/C19H18N2/c1-2-6-14(7-3-1)15-10-12-16(13-11-15)19-20-17-8-4-5-9-18(17)21-19/h1-3,6-7,10-13H,4-5,8-9H2,(H,20,21). The maximum Gasteiger partial charge on any atom is 0.137 e. The van der Waals surface area contributed by atoms with Gasteiger partial charge in [0.05, 0.1) is 5.69 Å². The zero-order valence-electron chi connectivity index (χ0n) is 12.0. The van der Waals surface area contributed by atoms with Gasteiger partial charge in [-0.3, -0.25) is 0 Å². The van der Waals surface area contributed by atoms with E-state index >= 15 is 0 Å². The molecule has 0 saturated heterocycles. The average Bonchev–Trinajstić information content (AvgIpc) is 3.00. The summed E-state index contributed by atoms with van der Waals surface area (Å²) in [6.07, 6.45) is 4.81. The molecule has 2 nitrogen and oxygen atoms in total. The van der Waals surface area contributed by atoms with Crippen molar-refractivity contribution in [3.8, 4) is 22.5 Å². The van der Waals surface area contributed by atoms with Crippen molar-refractivity contribution in [2.24, 2.45) is 0 Å². The van der Waals surface area contributed by atoms with Gasteiger partial charge in [-0.2, -0.15) is 0 Å². The first-order valence-corrected chi connectivity index (χ1v) is 7.64. The normalized spacial score (nSPS) is 13.9. The van der Waals surface area contributed by atoms with Gasteiger partial charge in [0.25, 0.3) is 0 Å². The molecule has 1 N–H and O–H groups in total. The molecular formula is C19H18N2. The van der Waals surface area contributed by atoms with E-state index < -0.39 is 0 Å². The van der Waals surface area contributed by atoms with Gasteiger partial charge in [0.1, 0.15) is 5.82 Å². The minimum Gasteiger partial charge on any atom is -0.342 e. The van der Waals surface area contributed by atoms with Crippen LogP contribution in [0.1, 0.15) is 24.2 Å². The lowest BCUT2D eigenvalue weighted by atomic mass is 10.0. The quantitative estimate of drug-likeness (QED) is 0.725. The molecule has 0 amide bonds. The summed E-state index contributed by atoms with van der Waals surface area (Å²) >= 11 is 0. The number of aromatic nitrogens is 2. The van der Waals surface area contributed by atoms with E-state index in [0.717, 1.165) is 18.7 Å². The van der Waals surface area contributed by atoms with Gasteiger partial charge in [-0.05, 0) is 36.8 Å². The van der Waals surface area contributed by atoms with Crippen molar-refractivity contribution in [3.05, 3.63) is 66.0 Å². The lowest BCUT2D eigenvalue weighted by molar-refractivity contribution is 0.667. The molecule has 0 radical (unpaired) electrons. The molecule has 3 aromatic rings. The van der Waals surface area contributed by atoms with Gasteiger partial charge < -0.3 is 4.98 Å². The summed E-state index contributed by atoms with van der Waals surface area (Å²) in [7, 11) is 0. The van der Waals surface area contributed by atoms with Crippen LogP contribution in [0.15, 0.2) is 54.6 Å². The average molecular weight is 274 g/mol. The monoisotopic (exact) mass is 274 g/mol. The first kappa shape index (κ1) is 12.4. The number of hydrogen-bond acceptors (Lipinski definition) is 1. The maximum absolute atomic E-state index is 4.77. The first-order valence-electron chi connectivity index (χ1n) is 7.64. The van der Waals surface area contributed by atoms with Gasteiger partial charge in [-0.15, -0.1) is 0 Å². The number of imidazole rings is 1. The summed E-state index contributed by atoms with van der Waals surface area (Å²) in [6, 6.07) is 19.1. The van der Waals surface area contributed by atoms with Crippen LogP contribution in [0.4, 0.5) is 0 Å². The third-order valence-electron chi connectivity index (χ3n) is 4.22. The van der Waals surface area contributed by atoms with Crippen molar-refractivity contribution in [1.82, 2.24) is 9.97 Å². The molecule has 1 aliphatic carbocycles. The number of hydrogen-bond donors (Lipinski definition) is 1. The molecule has 2 heteroatoms. The molecule has 0 saturated carbocycles. The Hall–Kier alpha value is -2.35. The fourth-order valence-electron chi connectivity index (χ4n) is 3.04. The maximum atomic E-state index is 4.77. The number of nitrogens with zero attached hydrogens (tertiary/aromatic N) is 1. The highest BCUT2D eigenvalue weighted by Gasteiger charge is 2.14. The summed E-state index contributed by atoms with van der Waals surface area (Å²) < 4.78 is 0. The highest BCUT2D eigenvalue weighted by Crippen LogP contribution is 2.26. The van der Waals surface area contributed by atoms with Crippen LogP contribution in [0.25, 0.3) is 22.5 Å². The number of fused-ring (bicyclic) bond motifs is 1. The molecule has 0 atom stereocenters. The summed E-state index contributed by atoms with van der Waals surface area (Å²) in [4.78, 5) is 8.27. The third-order valence-corrected chi connectivity index (χ3v) is 4.22.